The Balaban J connectivity index is 1.55. The molecule has 4 nitrogen and oxygen atoms in total. The summed E-state index contributed by atoms with van der Waals surface area (Å²) in [6, 6.07) is 12.8. The van der Waals surface area contributed by atoms with Crippen molar-refractivity contribution in [2.75, 3.05) is 0 Å². The predicted octanol–water partition coefficient (Wildman–Crippen LogP) is 4.10. The maximum atomic E-state index is 11.1. The molecule has 1 unspecified atom stereocenters. The number of fused-ring (bicyclic) bond motifs is 3. The van der Waals surface area contributed by atoms with Gasteiger partial charge in [0.05, 0.1) is 0 Å². The zero-order valence-corrected chi connectivity index (χ0v) is 15.4. The molecule has 2 heterocycles. The first-order valence-corrected chi connectivity index (χ1v) is 9.58. The molecule has 0 radical (unpaired) electrons. The van der Waals surface area contributed by atoms with E-state index >= 15 is 0 Å². The Kier molecular flexibility index (Phi) is 3.49. The van der Waals surface area contributed by atoms with E-state index in [2.05, 4.69) is 52.0 Å². The molecule has 4 heteroatoms. The lowest BCUT2D eigenvalue weighted by molar-refractivity contribution is 0.0597. The van der Waals surface area contributed by atoms with Crippen LogP contribution in [0.5, 0.6) is 0 Å². The highest BCUT2D eigenvalue weighted by atomic mass is 16.3. The van der Waals surface area contributed by atoms with Crippen LogP contribution in [0.1, 0.15) is 65.9 Å². The molecule has 0 spiro atoms. The van der Waals surface area contributed by atoms with Crippen molar-refractivity contribution >= 4 is 5.65 Å². The van der Waals surface area contributed by atoms with Gasteiger partial charge >= 0.3 is 0 Å². The van der Waals surface area contributed by atoms with Gasteiger partial charge in [0.25, 0.3) is 0 Å². The number of aliphatic hydroxyl groups excluding tert-OH is 1. The van der Waals surface area contributed by atoms with Gasteiger partial charge in [-0.25, -0.2) is 4.98 Å². The standard InChI is InChI=1S/C22H25N3O/c1-14-13-15(2)25-12-9-18(20(25)23-14)21(26)24-22-10-7-16(8-11-22)17-5-3-4-6-19(17)22/h3-6,9,12-13,16,21,24,26H,7-8,10-11H2,1-2H3/t16-,21?,22-. The molecule has 3 aliphatic rings. The van der Waals surface area contributed by atoms with Gasteiger partial charge in [-0.05, 0) is 68.7 Å². The Morgan fingerprint density at radius 2 is 1.96 bits per heavy atom. The molecule has 0 aliphatic heterocycles. The Hall–Kier alpha value is -2.17. The summed E-state index contributed by atoms with van der Waals surface area (Å²) in [6.07, 6.45) is 5.84. The van der Waals surface area contributed by atoms with E-state index in [0.29, 0.717) is 5.92 Å². The molecule has 26 heavy (non-hydrogen) atoms. The lowest BCUT2D eigenvalue weighted by Crippen LogP contribution is -2.50. The smallest absolute Gasteiger partial charge is 0.144 e. The predicted molar refractivity (Wildman–Crippen MR) is 102 cm³/mol. The first-order valence-electron chi connectivity index (χ1n) is 9.58. The minimum absolute atomic E-state index is 0.127. The van der Waals surface area contributed by atoms with Gasteiger partial charge in [-0.2, -0.15) is 0 Å². The van der Waals surface area contributed by atoms with E-state index in [1.165, 1.54) is 24.0 Å². The number of aryl methyl sites for hydroxylation is 2. The van der Waals surface area contributed by atoms with Crippen molar-refractivity contribution in [3.8, 4) is 0 Å². The first-order chi connectivity index (χ1) is 12.6. The van der Waals surface area contributed by atoms with Gasteiger partial charge in [-0.3, -0.25) is 5.32 Å². The SMILES string of the molecule is Cc1cc(C)n2ccc(C(O)N[C@]34CC[C@H](CC3)c3ccccc34)c2n1. The molecule has 0 saturated heterocycles. The molecule has 134 valence electrons. The third-order valence-corrected chi connectivity index (χ3v) is 6.43. The maximum Gasteiger partial charge on any atom is 0.144 e. The fourth-order valence-electron chi connectivity index (χ4n) is 5.17. The van der Waals surface area contributed by atoms with Gasteiger partial charge in [0.15, 0.2) is 0 Å². The second kappa shape index (κ2) is 5.66. The molecule has 3 aromatic rings. The number of rotatable bonds is 3. The highest BCUT2D eigenvalue weighted by molar-refractivity contribution is 5.52. The first kappa shape index (κ1) is 16.0. The summed E-state index contributed by atoms with van der Waals surface area (Å²) in [5, 5.41) is 14.7. The minimum atomic E-state index is -0.726. The van der Waals surface area contributed by atoms with Crippen LogP contribution in [-0.4, -0.2) is 14.5 Å². The molecule has 2 N–H and O–H groups in total. The van der Waals surface area contributed by atoms with E-state index in [-0.39, 0.29) is 5.54 Å². The monoisotopic (exact) mass is 347 g/mol. The molecular formula is C22H25N3O. The fraction of sp³-hybridized carbons (Fsp3) is 0.409. The van der Waals surface area contributed by atoms with Crippen LogP contribution in [0.4, 0.5) is 0 Å². The van der Waals surface area contributed by atoms with E-state index in [4.69, 9.17) is 0 Å². The second-order valence-electron chi connectivity index (χ2n) is 7.99. The number of nitrogens with zero attached hydrogens (tertiary/aromatic N) is 2. The van der Waals surface area contributed by atoms with Crippen molar-refractivity contribution in [3.63, 3.8) is 0 Å². The van der Waals surface area contributed by atoms with E-state index in [1.807, 2.05) is 19.2 Å². The van der Waals surface area contributed by atoms with Gasteiger partial charge < -0.3 is 9.51 Å². The number of aliphatic hydroxyl groups is 1. The zero-order chi connectivity index (χ0) is 17.9. The third kappa shape index (κ3) is 2.25. The van der Waals surface area contributed by atoms with Crippen LogP contribution in [0.25, 0.3) is 5.65 Å². The summed E-state index contributed by atoms with van der Waals surface area (Å²) in [5.41, 5.74) is 6.53. The number of hydrogen-bond donors (Lipinski definition) is 2. The van der Waals surface area contributed by atoms with E-state index < -0.39 is 6.23 Å². The topological polar surface area (TPSA) is 49.6 Å². The number of benzene rings is 1. The average Bonchev–Trinajstić information content (AvgIpc) is 3.07. The lowest BCUT2D eigenvalue weighted by Gasteiger charge is -2.49. The maximum absolute atomic E-state index is 11.1. The summed E-state index contributed by atoms with van der Waals surface area (Å²) in [4.78, 5) is 4.68. The van der Waals surface area contributed by atoms with Crippen molar-refractivity contribution in [1.82, 2.24) is 14.7 Å². The van der Waals surface area contributed by atoms with Gasteiger partial charge in [-0.15, -0.1) is 0 Å². The van der Waals surface area contributed by atoms with Gasteiger partial charge in [0.1, 0.15) is 11.9 Å². The Morgan fingerprint density at radius 3 is 2.77 bits per heavy atom. The van der Waals surface area contributed by atoms with Crippen LogP contribution in [0.15, 0.2) is 42.6 Å². The molecule has 2 aromatic heterocycles. The summed E-state index contributed by atoms with van der Waals surface area (Å²) in [5.74, 6) is 0.689. The average molecular weight is 347 g/mol. The van der Waals surface area contributed by atoms with E-state index in [0.717, 1.165) is 35.4 Å². The van der Waals surface area contributed by atoms with Crippen molar-refractivity contribution in [2.24, 2.45) is 0 Å². The largest absolute Gasteiger partial charge is 0.374 e. The molecule has 1 atom stereocenters. The minimum Gasteiger partial charge on any atom is -0.374 e. The van der Waals surface area contributed by atoms with E-state index in [9.17, 15) is 5.11 Å². The Morgan fingerprint density at radius 1 is 1.19 bits per heavy atom. The summed E-state index contributed by atoms with van der Waals surface area (Å²) >= 11 is 0. The van der Waals surface area contributed by atoms with Crippen LogP contribution in [0, 0.1) is 13.8 Å². The molecule has 6 rings (SSSR count). The summed E-state index contributed by atoms with van der Waals surface area (Å²) < 4.78 is 2.05. The third-order valence-electron chi connectivity index (χ3n) is 6.43. The van der Waals surface area contributed by atoms with Crippen molar-refractivity contribution in [1.29, 1.82) is 0 Å². The zero-order valence-electron chi connectivity index (χ0n) is 15.4. The molecule has 3 aliphatic carbocycles. The highest BCUT2D eigenvalue weighted by Crippen LogP contribution is 2.52. The second-order valence-corrected chi connectivity index (χ2v) is 7.99. The van der Waals surface area contributed by atoms with Crippen LogP contribution in [-0.2, 0) is 5.54 Å². The molecular weight excluding hydrogens is 322 g/mol. The summed E-state index contributed by atoms with van der Waals surface area (Å²) in [7, 11) is 0. The Bertz CT molecular complexity index is 982. The number of nitrogens with one attached hydrogen (secondary N) is 1. The highest BCUT2D eigenvalue weighted by Gasteiger charge is 2.45. The van der Waals surface area contributed by atoms with E-state index in [1.54, 1.807) is 0 Å². The van der Waals surface area contributed by atoms with Crippen LogP contribution < -0.4 is 5.32 Å². The quantitative estimate of drug-likeness (QED) is 0.701. The van der Waals surface area contributed by atoms with Gasteiger partial charge in [-0.1, -0.05) is 24.3 Å². The molecule has 1 aromatic carbocycles. The summed E-state index contributed by atoms with van der Waals surface area (Å²) in [6.45, 7) is 4.07. The Labute approximate surface area is 153 Å². The number of aromatic nitrogens is 2. The molecule has 1 fully saturated rings. The van der Waals surface area contributed by atoms with Crippen LogP contribution >= 0.6 is 0 Å². The molecule has 1 saturated carbocycles. The molecule has 0 amide bonds. The van der Waals surface area contributed by atoms with Crippen molar-refractivity contribution in [3.05, 3.63) is 70.7 Å². The lowest BCUT2D eigenvalue weighted by atomic mass is 9.62. The van der Waals surface area contributed by atoms with Gasteiger partial charge in [0.2, 0.25) is 0 Å². The van der Waals surface area contributed by atoms with Crippen LogP contribution in [0.3, 0.4) is 0 Å². The van der Waals surface area contributed by atoms with Crippen LogP contribution in [0.2, 0.25) is 0 Å². The van der Waals surface area contributed by atoms with Crippen molar-refractivity contribution in [2.45, 2.75) is 57.2 Å². The number of hydrogen-bond acceptors (Lipinski definition) is 3. The fourth-order valence-corrected chi connectivity index (χ4v) is 5.17. The normalized spacial score (nSPS) is 25.4. The molecule has 2 bridgehead atoms. The van der Waals surface area contributed by atoms with Crippen molar-refractivity contribution < 1.29 is 5.11 Å². The van der Waals surface area contributed by atoms with Gasteiger partial charge in [0, 0.05) is 28.7 Å².